The summed E-state index contributed by atoms with van der Waals surface area (Å²) in [6.45, 7) is 3.91. The van der Waals surface area contributed by atoms with E-state index in [1.54, 1.807) is 29.1 Å². The van der Waals surface area contributed by atoms with E-state index < -0.39 is 0 Å². The van der Waals surface area contributed by atoms with Gasteiger partial charge >= 0.3 is 0 Å². The predicted molar refractivity (Wildman–Crippen MR) is 103 cm³/mol. The average molecular weight is 360 g/mol. The molecule has 2 aromatic carbocycles. The zero-order valence-corrected chi connectivity index (χ0v) is 15.2. The molecule has 0 aliphatic rings. The highest BCUT2D eigenvalue weighted by Gasteiger charge is 2.10. The van der Waals surface area contributed by atoms with Crippen LogP contribution in [0.15, 0.2) is 60.8 Å². The first-order valence-electron chi connectivity index (χ1n) is 8.63. The largest absolute Gasteiger partial charge is 0.484 e. The van der Waals surface area contributed by atoms with Crippen molar-refractivity contribution in [3.63, 3.8) is 0 Å². The first-order valence-corrected chi connectivity index (χ1v) is 8.63. The van der Waals surface area contributed by atoms with Crippen LogP contribution in [0.25, 0.3) is 11.1 Å². The van der Waals surface area contributed by atoms with Gasteiger partial charge < -0.3 is 10.1 Å². The molecular weight excluding hydrogens is 340 g/mol. The number of rotatable bonds is 6. The number of nitrogens with one attached hydrogen (secondary N) is 1. The molecule has 0 atom stereocenters. The highest BCUT2D eigenvalue weighted by Crippen LogP contribution is 2.23. The van der Waals surface area contributed by atoms with Crippen LogP contribution in [-0.2, 0) is 4.79 Å². The Bertz CT molecular complexity index is 951. The summed E-state index contributed by atoms with van der Waals surface area (Å²) in [7, 11) is 0. The van der Waals surface area contributed by atoms with Gasteiger partial charge in [0.05, 0.1) is 17.8 Å². The Morgan fingerprint density at radius 1 is 1.11 bits per heavy atom. The van der Waals surface area contributed by atoms with Gasteiger partial charge in [0.2, 0.25) is 0 Å². The van der Waals surface area contributed by atoms with E-state index in [-0.39, 0.29) is 18.6 Å². The molecule has 27 heavy (non-hydrogen) atoms. The van der Waals surface area contributed by atoms with Crippen molar-refractivity contribution in [3.05, 3.63) is 66.4 Å². The van der Waals surface area contributed by atoms with Gasteiger partial charge in [0.15, 0.2) is 6.61 Å². The molecule has 0 aliphatic heterocycles. The number of aromatic nitrogens is 2. The summed E-state index contributed by atoms with van der Waals surface area (Å²) in [5, 5.41) is 15.8. The second-order valence-corrected chi connectivity index (χ2v) is 6.31. The molecule has 6 heteroatoms. The summed E-state index contributed by atoms with van der Waals surface area (Å²) in [5.74, 6) is 1.02. The average Bonchev–Trinajstić information content (AvgIpc) is 3.15. The summed E-state index contributed by atoms with van der Waals surface area (Å²) in [4.78, 5) is 12.1. The molecule has 0 unspecified atom stereocenters. The van der Waals surface area contributed by atoms with Crippen molar-refractivity contribution in [1.29, 1.82) is 5.26 Å². The number of anilines is 1. The molecule has 136 valence electrons. The molecule has 1 amide bonds. The lowest BCUT2D eigenvalue weighted by Crippen LogP contribution is -2.22. The first-order chi connectivity index (χ1) is 13.1. The number of benzene rings is 2. The third-order valence-corrected chi connectivity index (χ3v) is 4.00. The third kappa shape index (κ3) is 4.53. The Labute approximate surface area is 158 Å². The number of nitriles is 1. The molecule has 0 saturated carbocycles. The number of nitrogens with zero attached hydrogens (tertiary/aromatic N) is 3. The standard InChI is InChI=1S/C21H20N4O2/c1-15(2)25-20(11-12-23-25)24-21(26)14-27-19-9-7-18(8-10-19)17-5-3-16(13-22)4-6-17/h3-12,15H,14H2,1-2H3,(H,24,26). The Morgan fingerprint density at radius 2 is 1.74 bits per heavy atom. The Morgan fingerprint density at radius 3 is 2.33 bits per heavy atom. The zero-order chi connectivity index (χ0) is 19.2. The molecule has 0 radical (unpaired) electrons. The fourth-order valence-electron chi connectivity index (χ4n) is 2.63. The van der Waals surface area contributed by atoms with Crippen molar-refractivity contribution in [2.24, 2.45) is 0 Å². The molecule has 0 fully saturated rings. The van der Waals surface area contributed by atoms with Crippen molar-refractivity contribution in [3.8, 4) is 22.9 Å². The van der Waals surface area contributed by atoms with Gasteiger partial charge in [0, 0.05) is 12.1 Å². The van der Waals surface area contributed by atoms with Gasteiger partial charge in [-0.25, -0.2) is 4.68 Å². The maximum absolute atomic E-state index is 12.1. The number of ether oxygens (including phenoxy) is 1. The van der Waals surface area contributed by atoms with Crippen LogP contribution in [-0.4, -0.2) is 22.3 Å². The molecule has 0 spiro atoms. The zero-order valence-electron chi connectivity index (χ0n) is 15.2. The SMILES string of the molecule is CC(C)n1nccc1NC(=O)COc1ccc(-c2ccc(C#N)cc2)cc1. The van der Waals surface area contributed by atoms with E-state index in [1.165, 1.54) is 0 Å². The van der Waals surface area contributed by atoms with Crippen LogP contribution in [0.3, 0.4) is 0 Å². The van der Waals surface area contributed by atoms with E-state index >= 15 is 0 Å². The second kappa shape index (κ2) is 8.19. The van der Waals surface area contributed by atoms with Gasteiger partial charge in [-0.15, -0.1) is 0 Å². The fraction of sp³-hybridized carbons (Fsp3) is 0.190. The Hall–Kier alpha value is -3.59. The summed E-state index contributed by atoms with van der Waals surface area (Å²) < 4.78 is 7.30. The molecule has 3 aromatic rings. The highest BCUT2D eigenvalue weighted by atomic mass is 16.5. The normalized spacial score (nSPS) is 10.4. The Kier molecular flexibility index (Phi) is 5.53. The lowest BCUT2D eigenvalue weighted by Gasteiger charge is -2.12. The minimum atomic E-state index is -0.242. The van der Waals surface area contributed by atoms with Gasteiger partial charge in [-0.05, 0) is 49.2 Å². The number of carbonyl (C=O) groups is 1. The van der Waals surface area contributed by atoms with E-state index in [4.69, 9.17) is 10.00 Å². The maximum atomic E-state index is 12.1. The molecular formula is C21H20N4O2. The molecule has 0 saturated heterocycles. The number of carbonyl (C=O) groups excluding carboxylic acids is 1. The minimum Gasteiger partial charge on any atom is -0.484 e. The van der Waals surface area contributed by atoms with Crippen molar-refractivity contribution in [2.45, 2.75) is 19.9 Å². The van der Waals surface area contributed by atoms with Crippen molar-refractivity contribution < 1.29 is 9.53 Å². The van der Waals surface area contributed by atoms with Crippen LogP contribution in [0, 0.1) is 11.3 Å². The molecule has 1 aromatic heterocycles. The van der Waals surface area contributed by atoms with Crippen LogP contribution in [0.4, 0.5) is 5.82 Å². The topological polar surface area (TPSA) is 79.9 Å². The number of hydrogen-bond donors (Lipinski definition) is 1. The summed E-state index contributed by atoms with van der Waals surface area (Å²) >= 11 is 0. The summed E-state index contributed by atoms with van der Waals surface area (Å²) in [6, 6.07) is 18.9. The maximum Gasteiger partial charge on any atom is 0.263 e. The van der Waals surface area contributed by atoms with Crippen molar-refractivity contribution in [1.82, 2.24) is 9.78 Å². The summed E-state index contributed by atoms with van der Waals surface area (Å²) in [5.41, 5.74) is 2.65. The van der Waals surface area contributed by atoms with Crippen LogP contribution in [0.2, 0.25) is 0 Å². The Balaban J connectivity index is 1.57. The van der Waals surface area contributed by atoms with E-state index in [2.05, 4.69) is 16.5 Å². The van der Waals surface area contributed by atoms with Gasteiger partial charge in [-0.1, -0.05) is 24.3 Å². The highest BCUT2D eigenvalue weighted by molar-refractivity contribution is 5.91. The smallest absolute Gasteiger partial charge is 0.263 e. The van der Waals surface area contributed by atoms with E-state index in [9.17, 15) is 4.79 Å². The summed E-state index contributed by atoms with van der Waals surface area (Å²) in [6.07, 6.45) is 1.65. The van der Waals surface area contributed by atoms with E-state index in [1.807, 2.05) is 50.2 Å². The van der Waals surface area contributed by atoms with Crippen LogP contribution in [0.1, 0.15) is 25.5 Å². The van der Waals surface area contributed by atoms with Crippen molar-refractivity contribution in [2.75, 3.05) is 11.9 Å². The molecule has 0 aliphatic carbocycles. The monoisotopic (exact) mass is 360 g/mol. The fourth-order valence-corrected chi connectivity index (χ4v) is 2.63. The number of amides is 1. The predicted octanol–water partition coefficient (Wildman–Crippen LogP) is 4.02. The van der Waals surface area contributed by atoms with E-state index in [0.29, 0.717) is 17.1 Å². The van der Waals surface area contributed by atoms with Crippen molar-refractivity contribution >= 4 is 11.7 Å². The minimum absolute atomic E-state index is 0.0838. The van der Waals surface area contributed by atoms with Crippen LogP contribution < -0.4 is 10.1 Å². The lowest BCUT2D eigenvalue weighted by molar-refractivity contribution is -0.118. The van der Waals surface area contributed by atoms with Gasteiger partial charge in [-0.2, -0.15) is 10.4 Å². The van der Waals surface area contributed by atoms with E-state index in [0.717, 1.165) is 11.1 Å². The van der Waals surface area contributed by atoms with Crippen LogP contribution in [0.5, 0.6) is 5.75 Å². The molecule has 0 bridgehead atoms. The van der Waals surface area contributed by atoms with Gasteiger partial charge in [0.25, 0.3) is 5.91 Å². The quantitative estimate of drug-likeness (QED) is 0.720. The molecule has 6 nitrogen and oxygen atoms in total. The second-order valence-electron chi connectivity index (χ2n) is 6.31. The van der Waals surface area contributed by atoms with Gasteiger partial charge in [0.1, 0.15) is 11.6 Å². The third-order valence-electron chi connectivity index (χ3n) is 4.00. The lowest BCUT2D eigenvalue weighted by atomic mass is 10.0. The molecule has 1 heterocycles. The molecule has 1 N–H and O–H groups in total. The number of hydrogen-bond acceptors (Lipinski definition) is 4. The van der Waals surface area contributed by atoms with Gasteiger partial charge in [-0.3, -0.25) is 4.79 Å². The first kappa shape index (κ1) is 18.2. The molecule has 3 rings (SSSR count). The van der Waals surface area contributed by atoms with Crippen LogP contribution >= 0.6 is 0 Å².